The van der Waals surface area contributed by atoms with E-state index in [1.807, 2.05) is 0 Å². The normalized spacial score (nSPS) is 20.8. The van der Waals surface area contributed by atoms with Gasteiger partial charge in [-0.25, -0.2) is 4.57 Å². The first-order valence-corrected chi connectivity index (χ1v) is 14.0. The first-order chi connectivity index (χ1) is 18.7. The Balaban J connectivity index is 1.41. The number of hydrogen-bond acceptors (Lipinski definition) is 1. The van der Waals surface area contributed by atoms with Gasteiger partial charge in [-0.2, -0.15) is 0 Å². The molecular formula is C36H33N2+. The number of fused-ring (bicyclic) bond motifs is 6. The molecule has 2 heterocycles. The summed E-state index contributed by atoms with van der Waals surface area (Å²) in [5.41, 5.74) is 11.7. The van der Waals surface area contributed by atoms with Crippen LogP contribution >= 0.6 is 0 Å². The van der Waals surface area contributed by atoms with Crippen LogP contribution in [0, 0.1) is 0 Å². The Morgan fingerprint density at radius 2 is 1.34 bits per heavy atom. The van der Waals surface area contributed by atoms with Gasteiger partial charge < -0.3 is 0 Å². The Morgan fingerprint density at radius 3 is 2.03 bits per heavy atom. The number of benzene rings is 4. The number of rotatable bonds is 6. The van der Waals surface area contributed by atoms with Gasteiger partial charge in [-0.3, -0.25) is 0 Å². The van der Waals surface area contributed by atoms with Crippen LogP contribution in [-0.4, -0.2) is 4.98 Å². The Hall–Kier alpha value is -4.04. The smallest absolute Gasteiger partial charge is 0.223 e. The maximum atomic E-state index is 5.08. The average molecular weight is 494 g/mol. The third-order valence-corrected chi connectivity index (χ3v) is 9.12. The van der Waals surface area contributed by atoms with Crippen molar-refractivity contribution >= 4 is 0 Å². The lowest BCUT2D eigenvalue weighted by molar-refractivity contribution is -0.738. The van der Waals surface area contributed by atoms with E-state index >= 15 is 0 Å². The highest BCUT2D eigenvalue weighted by Gasteiger charge is 2.73. The van der Waals surface area contributed by atoms with Gasteiger partial charge in [0.05, 0.1) is 0 Å². The zero-order chi connectivity index (χ0) is 25.7. The molecule has 2 heteroatoms. The van der Waals surface area contributed by atoms with Crippen molar-refractivity contribution in [3.8, 4) is 44.8 Å². The van der Waals surface area contributed by atoms with Crippen LogP contribution in [0.1, 0.15) is 45.1 Å². The lowest BCUT2D eigenvalue weighted by Gasteiger charge is -2.32. The summed E-state index contributed by atoms with van der Waals surface area (Å²) in [6.07, 6.45) is 6.85. The molecule has 0 saturated heterocycles. The van der Waals surface area contributed by atoms with Crippen LogP contribution in [-0.2, 0) is 11.0 Å². The summed E-state index contributed by atoms with van der Waals surface area (Å²) in [5.74, 6) is 0. The van der Waals surface area contributed by atoms with E-state index in [1.165, 1.54) is 58.3 Å². The van der Waals surface area contributed by atoms with E-state index in [2.05, 4.69) is 134 Å². The van der Waals surface area contributed by atoms with Gasteiger partial charge in [0.2, 0.25) is 0 Å². The minimum Gasteiger partial charge on any atom is -0.223 e. The fourth-order valence-electron chi connectivity index (χ4n) is 7.22. The number of aromatic nitrogens is 2. The first-order valence-electron chi connectivity index (χ1n) is 14.0. The van der Waals surface area contributed by atoms with Crippen molar-refractivity contribution < 1.29 is 4.57 Å². The standard InChI is InChI=1S/C36H33N2/c1-3-20-36-24-35(36,4-2)32-19-18-29(27-14-9-6-10-15-27)22-31(32)34-23-33(37-25-38(34)36)30-17-11-16-28(21-30)26-12-7-5-8-13-26/h5-19,21-23,25H,3-4,20,24H2,1-2H3/q+1. The SMILES string of the molecule is CCCC12CC1(CC)c1ccc(-c3ccccc3)cc1-c1cc(-c3cccc(-c4ccccc4)c3)nc[n+]12. The first kappa shape index (κ1) is 23.1. The van der Waals surface area contributed by atoms with Gasteiger partial charge >= 0.3 is 0 Å². The Morgan fingerprint density at radius 1 is 0.684 bits per heavy atom. The van der Waals surface area contributed by atoms with E-state index in [9.17, 15) is 0 Å². The van der Waals surface area contributed by atoms with Crippen molar-refractivity contribution in [2.24, 2.45) is 0 Å². The molecular weight excluding hydrogens is 460 g/mol. The monoisotopic (exact) mass is 493 g/mol. The molecule has 2 atom stereocenters. The lowest BCUT2D eigenvalue weighted by atomic mass is 9.78. The molecule has 1 fully saturated rings. The molecule has 38 heavy (non-hydrogen) atoms. The Bertz CT molecular complexity index is 1640. The molecule has 0 amide bonds. The van der Waals surface area contributed by atoms with Gasteiger partial charge in [-0.05, 0) is 57.8 Å². The highest BCUT2D eigenvalue weighted by Crippen LogP contribution is 2.68. The lowest BCUT2D eigenvalue weighted by Crippen LogP contribution is -2.55. The van der Waals surface area contributed by atoms with Crippen LogP contribution in [0.25, 0.3) is 44.8 Å². The summed E-state index contributed by atoms with van der Waals surface area (Å²) in [6, 6.07) is 39.7. The minimum atomic E-state index is 0.129. The molecule has 1 saturated carbocycles. The van der Waals surface area contributed by atoms with Crippen molar-refractivity contribution in [3.63, 3.8) is 0 Å². The average Bonchev–Trinajstić information content (AvgIpc) is 3.68. The van der Waals surface area contributed by atoms with Gasteiger partial charge in [0.15, 0.2) is 5.69 Å². The molecule has 7 rings (SSSR count). The molecule has 0 N–H and O–H groups in total. The largest absolute Gasteiger partial charge is 0.287 e. The van der Waals surface area contributed by atoms with E-state index in [4.69, 9.17) is 4.98 Å². The summed E-state index contributed by atoms with van der Waals surface area (Å²) < 4.78 is 2.54. The quantitative estimate of drug-likeness (QED) is 0.216. The second-order valence-electron chi connectivity index (χ2n) is 11.0. The molecule has 186 valence electrons. The molecule has 2 unspecified atom stereocenters. The van der Waals surface area contributed by atoms with Crippen LogP contribution in [0.4, 0.5) is 0 Å². The van der Waals surface area contributed by atoms with Crippen LogP contribution in [0.2, 0.25) is 0 Å². The maximum Gasteiger partial charge on any atom is 0.287 e. The third kappa shape index (κ3) is 3.33. The topological polar surface area (TPSA) is 16.8 Å². The summed E-state index contributed by atoms with van der Waals surface area (Å²) in [4.78, 5) is 5.08. The zero-order valence-corrected chi connectivity index (χ0v) is 22.2. The Labute approximate surface area is 225 Å². The van der Waals surface area contributed by atoms with Gasteiger partial charge in [0, 0.05) is 29.0 Å². The van der Waals surface area contributed by atoms with E-state index in [-0.39, 0.29) is 11.0 Å². The predicted molar refractivity (Wildman–Crippen MR) is 156 cm³/mol. The number of nitrogens with zero attached hydrogens (tertiary/aromatic N) is 2. The summed E-state index contributed by atoms with van der Waals surface area (Å²) in [5, 5.41) is 0. The van der Waals surface area contributed by atoms with Gasteiger partial charge in [0.25, 0.3) is 6.33 Å². The molecule has 1 aliphatic heterocycles. The fourth-order valence-corrected chi connectivity index (χ4v) is 7.22. The second-order valence-corrected chi connectivity index (χ2v) is 11.0. The van der Waals surface area contributed by atoms with Crippen molar-refractivity contribution in [2.45, 2.75) is 50.5 Å². The van der Waals surface area contributed by atoms with E-state index in [0.717, 1.165) is 17.7 Å². The molecule has 0 spiro atoms. The van der Waals surface area contributed by atoms with Gasteiger partial charge in [-0.1, -0.05) is 111 Å². The van der Waals surface area contributed by atoms with Crippen LogP contribution in [0.5, 0.6) is 0 Å². The fraction of sp³-hybridized carbons (Fsp3) is 0.222. The van der Waals surface area contributed by atoms with E-state index in [1.54, 1.807) is 0 Å². The van der Waals surface area contributed by atoms with Crippen LogP contribution in [0.3, 0.4) is 0 Å². The number of hydrogen-bond donors (Lipinski definition) is 0. The molecule has 1 aliphatic carbocycles. The van der Waals surface area contributed by atoms with Crippen molar-refractivity contribution in [1.82, 2.24) is 4.98 Å². The highest BCUT2D eigenvalue weighted by molar-refractivity contribution is 5.78. The minimum absolute atomic E-state index is 0.129. The van der Waals surface area contributed by atoms with Crippen molar-refractivity contribution in [1.29, 1.82) is 0 Å². The van der Waals surface area contributed by atoms with Gasteiger partial charge in [-0.15, -0.1) is 0 Å². The predicted octanol–water partition coefficient (Wildman–Crippen LogP) is 8.60. The third-order valence-electron chi connectivity index (χ3n) is 9.12. The van der Waals surface area contributed by atoms with E-state index < -0.39 is 0 Å². The molecule has 5 aromatic rings. The van der Waals surface area contributed by atoms with Gasteiger partial charge in [0.1, 0.15) is 11.2 Å². The molecule has 1 aromatic heterocycles. The summed E-state index contributed by atoms with van der Waals surface area (Å²) in [6.45, 7) is 4.69. The highest BCUT2D eigenvalue weighted by atomic mass is 15.2. The molecule has 0 radical (unpaired) electrons. The van der Waals surface area contributed by atoms with Crippen LogP contribution < -0.4 is 4.57 Å². The zero-order valence-electron chi connectivity index (χ0n) is 22.2. The summed E-state index contributed by atoms with van der Waals surface area (Å²) in [7, 11) is 0. The molecule has 2 aliphatic rings. The van der Waals surface area contributed by atoms with Crippen LogP contribution in [0.15, 0.2) is 116 Å². The van der Waals surface area contributed by atoms with Crippen molar-refractivity contribution in [3.05, 3.63) is 121 Å². The Kier molecular flexibility index (Phi) is 5.33. The molecule has 2 nitrogen and oxygen atoms in total. The van der Waals surface area contributed by atoms with E-state index in [0.29, 0.717) is 0 Å². The maximum absolute atomic E-state index is 5.08. The van der Waals surface area contributed by atoms with Crippen molar-refractivity contribution in [2.75, 3.05) is 0 Å². The molecule has 4 aromatic carbocycles. The second kappa shape index (κ2) is 8.77. The summed E-state index contributed by atoms with van der Waals surface area (Å²) >= 11 is 0. The molecule has 0 bridgehead atoms.